The number of Topliss-reactive ketones (excluding diaryl/α,β-unsaturated/α-hetero) is 1. The van der Waals surface area contributed by atoms with Crippen LogP contribution in [-0.2, 0) is 9.53 Å². The summed E-state index contributed by atoms with van der Waals surface area (Å²) in [5.74, 6) is -0.753. The highest BCUT2D eigenvalue weighted by Gasteiger charge is 2.51. The minimum Gasteiger partial charge on any atom is -0.465 e. The van der Waals surface area contributed by atoms with Gasteiger partial charge in [-0.3, -0.25) is 9.59 Å². The fraction of sp³-hybridized carbons (Fsp3) is 0.471. The van der Waals surface area contributed by atoms with E-state index in [0.717, 1.165) is 6.42 Å². The van der Waals surface area contributed by atoms with E-state index >= 15 is 0 Å². The van der Waals surface area contributed by atoms with Crippen molar-refractivity contribution in [2.75, 3.05) is 6.61 Å². The fourth-order valence-electron chi connectivity index (χ4n) is 3.04. The molecule has 1 fully saturated rings. The number of esters is 1. The molecule has 0 bridgehead atoms. The van der Waals surface area contributed by atoms with Crippen LogP contribution in [0.3, 0.4) is 0 Å². The van der Waals surface area contributed by atoms with Gasteiger partial charge in [-0.2, -0.15) is 5.26 Å². The molecule has 0 spiro atoms. The van der Waals surface area contributed by atoms with Crippen LogP contribution in [0.2, 0.25) is 0 Å². The number of benzene rings is 1. The Morgan fingerprint density at radius 3 is 2.71 bits per heavy atom. The maximum absolute atomic E-state index is 12.3. The first-order valence-corrected chi connectivity index (χ1v) is 7.30. The predicted octanol–water partition coefficient (Wildman–Crippen LogP) is 3.13. The smallest absolute Gasteiger partial charge is 0.326 e. The van der Waals surface area contributed by atoms with Gasteiger partial charge in [-0.25, -0.2) is 0 Å². The lowest BCUT2D eigenvalue weighted by molar-refractivity contribution is -0.153. The van der Waals surface area contributed by atoms with Crippen molar-refractivity contribution in [2.45, 2.75) is 32.6 Å². The molecule has 1 aliphatic carbocycles. The number of carbonyl (C=O) groups is 2. The molecule has 2 rings (SSSR count). The average molecular weight is 285 g/mol. The SMILES string of the molecule is CCOC(=O)C1(C#N)CCC[C@H]1CC(=O)c1ccccc1. The molecule has 4 nitrogen and oxygen atoms in total. The third-order valence-electron chi connectivity index (χ3n) is 4.19. The lowest BCUT2D eigenvalue weighted by Crippen LogP contribution is -2.36. The van der Waals surface area contributed by atoms with Crippen LogP contribution in [0.25, 0.3) is 0 Å². The van der Waals surface area contributed by atoms with Crippen LogP contribution < -0.4 is 0 Å². The first-order chi connectivity index (χ1) is 10.1. The Morgan fingerprint density at radius 1 is 1.38 bits per heavy atom. The molecular formula is C17H19NO3. The molecule has 2 atom stereocenters. The molecule has 0 amide bonds. The van der Waals surface area contributed by atoms with E-state index in [0.29, 0.717) is 18.4 Å². The monoisotopic (exact) mass is 285 g/mol. The lowest BCUT2D eigenvalue weighted by atomic mass is 9.76. The normalized spacial score (nSPS) is 24.3. The maximum Gasteiger partial charge on any atom is 0.326 e. The van der Waals surface area contributed by atoms with Gasteiger partial charge in [0.15, 0.2) is 11.2 Å². The van der Waals surface area contributed by atoms with Crippen molar-refractivity contribution in [1.29, 1.82) is 5.26 Å². The van der Waals surface area contributed by atoms with E-state index in [1.807, 2.05) is 18.2 Å². The Labute approximate surface area is 124 Å². The van der Waals surface area contributed by atoms with E-state index in [4.69, 9.17) is 4.74 Å². The number of hydrogen-bond donors (Lipinski definition) is 0. The van der Waals surface area contributed by atoms with Crippen LogP contribution in [0.5, 0.6) is 0 Å². The molecule has 1 unspecified atom stereocenters. The quantitative estimate of drug-likeness (QED) is 0.615. The van der Waals surface area contributed by atoms with E-state index in [1.165, 1.54) is 0 Å². The van der Waals surface area contributed by atoms with Crippen LogP contribution in [0.1, 0.15) is 43.0 Å². The Hall–Kier alpha value is -2.15. The van der Waals surface area contributed by atoms with Crippen LogP contribution in [0.15, 0.2) is 30.3 Å². The zero-order chi connectivity index (χ0) is 15.3. The molecule has 110 valence electrons. The number of hydrogen-bond acceptors (Lipinski definition) is 4. The average Bonchev–Trinajstić information content (AvgIpc) is 2.92. The molecular weight excluding hydrogens is 266 g/mol. The number of ether oxygens (including phenoxy) is 1. The van der Waals surface area contributed by atoms with Gasteiger partial charge in [0, 0.05) is 12.0 Å². The minimum atomic E-state index is -1.15. The Morgan fingerprint density at radius 2 is 2.10 bits per heavy atom. The zero-order valence-electron chi connectivity index (χ0n) is 12.2. The zero-order valence-corrected chi connectivity index (χ0v) is 12.2. The standard InChI is InChI=1S/C17H19NO3/c1-2-21-16(20)17(12-18)10-6-9-14(17)11-15(19)13-7-4-3-5-8-13/h3-5,7-8,14H,2,6,9-11H2,1H3/t14-,17?/m0/s1. The summed E-state index contributed by atoms with van der Waals surface area (Å²) in [7, 11) is 0. The van der Waals surface area contributed by atoms with E-state index in [1.54, 1.807) is 19.1 Å². The first kappa shape index (κ1) is 15.2. The van der Waals surface area contributed by atoms with Gasteiger partial charge < -0.3 is 4.74 Å². The summed E-state index contributed by atoms with van der Waals surface area (Å²) in [5.41, 5.74) is -0.527. The van der Waals surface area contributed by atoms with Gasteiger partial charge in [0.2, 0.25) is 0 Å². The second-order valence-corrected chi connectivity index (χ2v) is 5.39. The summed E-state index contributed by atoms with van der Waals surface area (Å²) >= 11 is 0. The Bertz CT molecular complexity index is 561. The molecule has 1 aliphatic rings. The van der Waals surface area contributed by atoms with Crippen LogP contribution >= 0.6 is 0 Å². The largest absolute Gasteiger partial charge is 0.465 e. The highest BCUT2D eigenvalue weighted by atomic mass is 16.5. The molecule has 0 radical (unpaired) electrons. The van der Waals surface area contributed by atoms with Crippen molar-refractivity contribution in [3.05, 3.63) is 35.9 Å². The molecule has 21 heavy (non-hydrogen) atoms. The second-order valence-electron chi connectivity index (χ2n) is 5.39. The maximum atomic E-state index is 12.3. The van der Waals surface area contributed by atoms with Gasteiger partial charge in [-0.15, -0.1) is 0 Å². The summed E-state index contributed by atoms with van der Waals surface area (Å²) in [4.78, 5) is 24.5. The van der Waals surface area contributed by atoms with E-state index in [9.17, 15) is 14.9 Å². The molecule has 1 saturated carbocycles. The predicted molar refractivity (Wildman–Crippen MR) is 77.4 cm³/mol. The highest BCUT2D eigenvalue weighted by Crippen LogP contribution is 2.46. The topological polar surface area (TPSA) is 67.2 Å². The van der Waals surface area contributed by atoms with E-state index in [2.05, 4.69) is 6.07 Å². The Kier molecular flexibility index (Phi) is 4.74. The molecule has 0 N–H and O–H groups in total. The third kappa shape index (κ3) is 2.97. The van der Waals surface area contributed by atoms with Crippen molar-refractivity contribution in [3.63, 3.8) is 0 Å². The van der Waals surface area contributed by atoms with Crippen molar-refractivity contribution in [1.82, 2.24) is 0 Å². The molecule has 1 aromatic carbocycles. The lowest BCUT2D eigenvalue weighted by Gasteiger charge is -2.25. The van der Waals surface area contributed by atoms with Crippen LogP contribution in [0.4, 0.5) is 0 Å². The summed E-state index contributed by atoms with van der Waals surface area (Å²) in [5, 5.41) is 9.51. The number of rotatable bonds is 5. The highest BCUT2D eigenvalue weighted by molar-refractivity contribution is 5.96. The van der Waals surface area contributed by atoms with Gasteiger partial charge in [-0.1, -0.05) is 36.8 Å². The summed E-state index contributed by atoms with van der Waals surface area (Å²) in [6, 6.07) is 11.1. The molecule has 0 heterocycles. The van der Waals surface area contributed by atoms with Gasteiger partial charge in [0.25, 0.3) is 0 Å². The van der Waals surface area contributed by atoms with Crippen molar-refractivity contribution < 1.29 is 14.3 Å². The van der Waals surface area contributed by atoms with Crippen molar-refractivity contribution >= 4 is 11.8 Å². The van der Waals surface area contributed by atoms with Gasteiger partial charge in [0.1, 0.15) is 0 Å². The van der Waals surface area contributed by atoms with Gasteiger partial charge in [0.05, 0.1) is 12.7 Å². The summed E-state index contributed by atoms with van der Waals surface area (Å²) in [6.45, 7) is 1.98. The second kappa shape index (κ2) is 6.53. The molecule has 1 aromatic rings. The minimum absolute atomic E-state index is 0.0218. The summed E-state index contributed by atoms with van der Waals surface area (Å²) in [6.07, 6.45) is 2.19. The van der Waals surface area contributed by atoms with E-state index < -0.39 is 11.4 Å². The van der Waals surface area contributed by atoms with Crippen molar-refractivity contribution in [2.24, 2.45) is 11.3 Å². The van der Waals surface area contributed by atoms with Crippen molar-refractivity contribution in [3.8, 4) is 6.07 Å². The first-order valence-electron chi connectivity index (χ1n) is 7.30. The number of nitrogens with zero attached hydrogens (tertiary/aromatic N) is 1. The third-order valence-corrected chi connectivity index (χ3v) is 4.19. The molecule has 0 aliphatic heterocycles. The molecule has 4 heteroatoms. The fourth-order valence-corrected chi connectivity index (χ4v) is 3.04. The summed E-state index contributed by atoms with van der Waals surface area (Å²) < 4.78 is 5.06. The molecule has 0 aromatic heterocycles. The van der Waals surface area contributed by atoms with Gasteiger partial charge in [-0.05, 0) is 25.7 Å². The van der Waals surface area contributed by atoms with Crippen LogP contribution in [-0.4, -0.2) is 18.4 Å². The number of nitriles is 1. The Balaban J connectivity index is 2.17. The number of carbonyl (C=O) groups excluding carboxylic acids is 2. The number of ketones is 1. The van der Waals surface area contributed by atoms with E-state index in [-0.39, 0.29) is 24.7 Å². The van der Waals surface area contributed by atoms with Crippen LogP contribution in [0, 0.1) is 22.7 Å². The van der Waals surface area contributed by atoms with Gasteiger partial charge >= 0.3 is 5.97 Å². The molecule has 0 saturated heterocycles.